The molecule has 0 aromatic heterocycles. The summed E-state index contributed by atoms with van der Waals surface area (Å²) >= 11 is 0. The summed E-state index contributed by atoms with van der Waals surface area (Å²) in [5.41, 5.74) is -0.661. The first kappa shape index (κ1) is 16.0. The molecule has 7 heteroatoms. The molecule has 116 valence electrons. The predicted octanol–water partition coefficient (Wildman–Crippen LogP) is 3.53. The van der Waals surface area contributed by atoms with Crippen LogP contribution in [0, 0.1) is 5.41 Å². The van der Waals surface area contributed by atoms with Crippen molar-refractivity contribution in [2.45, 2.75) is 33.5 Å². The van der Waals surface area contributed by atoms with E-state index in [-0.39, 0.29) is 6.61 Å². The molecule has 0 amide bonds. The fraction of sp³-hybridized carbons (Fsp3) is 0.500. The Morgan fingerprint density at radius 1 is 1.29 bits per heavy atom. The summed E-state index contributed by atoms with van der Waals surface area (Å²) < 4.78 is 33.1. The third-order valence-corrected chi connectivity index (χ3v) is 4.09. The van der Waals surface area contributed by atoms with Crippen molar-refractivity contribution in [3.05, 3.63) is 30.3 Å². The zero-order chi connectivity index (χ0) is 15.5. The van der Waals surface area contributed by atoms with Crippen molar-refractivity contribution in [1.82, 2.24) is 0 Å². The van der Waals surface area contributed by atoms with Gasteiger partial charge >= 0.3 is 13.8 Å². The first-order chi connectivity index (χ1) is 9.78. The van der Waals surface area contributed by atoms with Gasteiger partial charge in [-0.2, -0.15) is 0 Å². The zero-order valence-corrected chi connectivity index (χ0v) is 13.2. The molecule has 1 aromatic carbocycles. The maximum Gasteiger partial charge on any atom is 0.533 e. The van der Waals surface area contributed by atoms with Crippen molar-refractivity contribution in [3.8, 4) is 5.75 Å². The molecule has 0 radical (unpaired) electrons. The van der Waals surface area contributed by atoms with Gasteiger partial charge in [-0.15, -0.1) is 0 Å². The van der Waals surface area contributed by atoms with Crippen LogP contribution in [0.5, 0.6) is 5.75 Å². The van der Waals surface area contributed by atoms with Gasteiger partial charge in [-0.3, -0.25) is 9.32 Å². The Kier molecular flexibility index (Phi) is 4.71. The monoisotopic (exact) mass is 314 g/mol. The van der Waals surface area contributed by atoms with Gasteiger partial charge in [0.1, 0.15) is 5.75 Å². The first-order valence-corrected chi connectivity index (χ1v) is 8.13. The van der Waals surface area contributed by atoms with Crippen LogP contribution in [0.4, 0.5) is 0 Å². The second-order valence-corrected chi connectivity index (χ2v) is 7.21. The van der Waals surface area contributed by atoms with Crippen molar-refractivity contribution in [2.24, 2.45) is 5.41 Å². The molecule has 1 aliphatic heterocycles. The SMILES string of the molecule is CC(C)(C)C(=O)O[C@H]1CCO[P@](=O)(Oc2ccccc2)O1. The molecule has 0 spiro atoms. The van der Waals surface area contributed by atoms with Crippen LogP contribution in [-0.2, 0) is 23.1 Å². The average Bonchev–Trinajstić information content (AvgIpc) is 2.38. The highest BCUT2D eigenvalue weighted by atomic mass is 31.2. The molecule has 1 saturated heterocycles. The highest BCUT2D eigenvalue weighted by molar-refractivity contribution is 7.49. The van der Waals surface area contributed by atoms with E-state index in [1.807, 2.05) is 0 Å². The molecule has 0 saturated carbocycles. The van der Waals surface area contributed by atoms with E-state index in [4.69, 9.17) is 18.3 Å². The molecular weight excluding hydrogens is 295 g/mol. The lowest BCUT2D eigenvalue weighted by Crippen LogP contribution is -2.32. The predicted molar refractivity (Wildman–Crippen MR) is 75.7 cm³/mol. The van der Waals surface area contributed by atoms with Crippen LogP contribution >= 0.6 is 7.82 Å². The second-order valence-electron chi connectivity index (χ2n) is 5.66. The Balaban J connectivity index is 2.00. The fourth-order valence-electron chi connectivity index (χ4n) is 1.52. The van der Waals surface area contributed by atoms with Crippen LogP contribution in [0.15, 0.2) is 30.3 Å². The molecule has 0 bridgehead atoms. The third-order valence-electron chi connectivity index (χ3n) is 2.66. The number of carbonyl (C=O) groups is 1. The molecule has 1 aromatic rings. The fourth-order valence-corrected chi connectivity index (χ4v) is 2.82. The van der Waals surface area contributed by atoms with Gasteiger partial charge in [0, 0.05) is 6.42 Å². The molecule has 2 rings (SSSR count). The van der Waals surface area contributed by atoms with Gasteiger partial charge in [-0.1, -0.05) is 18.2 Å². The highest BCUT2D eigenvalue weighted by Crippen LogP contribution is 2.53. The number of phosphoric ester groups is 1. The summed E-state index contributed by atoms with van der Waals surface area (Å²) in [4.78, 5) is 11.8. The van der Waals surface area contributed by atoms with Crippen molar-refractivity contribution < 1.29 is 27.7 Å². The van der Waals surface area contributed by atoms with Gasteiger partial charge < -0.3 is 9.26 Å². The van der Waals surface area contributed by atoms with Crippen LogP contribution in [-0.4, -0.2) is 18.9 Å². The van der Waals surface area contributed by atoms with E-state index in [9.17, 15) is 9.36 Å². The number of rotatable bonds is 3. The van der Waals surface area contributed by atoms with Gasteiger partial charge in [0.05, 0.1) is 12.0 Å². The van der Waals surface area contributed by atoms with E-state index in [2.05, 4.69) is 0 Å². The second kappa shape index (κ2) is 6.18. The van der Waals surface area contributed by atoms with E-state index in [1.165, 1.54) is 0 Å². The number of esters is 1. The summed E-state index contributed by atoms with van der Waals surface area (Å²) in [7, 11) is -3.78. The van der Waals surface area contributed by atoms with E-state index in [1.54, 1.807) is 51.1 Å². The third kappa shape index (κ3) is 4.56. The van der Waals surface area contributed by atoms with Crippen LogP contribution in [0.3, 0.4) is 0 Å². The lowest BCUT2D eigenvalue weighted by Gasteiger charge is -2.30. The minimum absolute atomic E-state index is 0.131. The van der Waals surface area contributed by atoms with Crippen molar-refractivity contribution in [2.75, 3.05) is 6.61 Å². The van der Waals surface area contributed by atoms with E-state index < -0.39 is 25.5 Å². The molecule has 0 aliphatic carbocycles. The van der Waals surface area contributed by atoms with Crippen LogP contribution in [0.2, 0.25) is 0 Å². The lowest BCUT2D eigenvalue weighted by molar-refractivity contribution is -0.180. The van der Waals surface area contributed by atoms with Gasteiger partial charge in [-0.25, -0.2) is 9.09 Å². The van der Waals surface area contributed by atoms with Crippen LogP contribution < -0.4 is 4.52 Å². The minimum Gasteiger partial charge on any atom is -0.435 e. The van der Waals surface area contributed by atoms with Crippen molar-refractivity contribution >= 4 is 13.8 Å². The van der Waals surface area contributed by atoms with Gasteiger partial charge in [0.15, 0.2) is 0 Å². The Hall–Kier alpha value is -1.36. The summed E-state index contributed by atoms with van der Waals surface area (Å²) in [5, 5.41) is 0. The quantitative estimate of drug-likeness (QED) is 0.628. The number of para-hydroxylation sites is 1. The van der Waals surface area contributed by atoms with Gasteiger partial charge in [0.25, 0.3) is 0 Å². The van der Waals surface area contributed by atoms with Crippen molar-refractivity contribution in [1.29, 1.82) is 0 Å². The van der Waals surface area contributed by atoms with E-state index in [0.29, 0.717) is 12.2 Å². The Labute approximate surface area is 124 Å². The summed E-state index contributed by atoms with van der Waals surface area (Å²) in [5.74, 6) is -0.0655. The van der Waals surface area contributed by atoms with Gasteiger partial charge in [0.2, 0.25) is 6.29 Å². The molecule has 1 aliphatic rings. The molecule has 0 N–H and O–H groups in total. The molecular formula is C14H19O6P. The van der Waals surface area contributed by atoms with Crippen LogP contribution in [0.1, 0.15) is 27.2 Å². The number of carbonyl (C=O) groups excluding carboxylic acids is 1. The normalized spacial score (nSPS) is 26.1. The number of hydrogen-bond donors (Lipinski definition) is 0. The molecule has 2 atom stereocenters. The number of ether oxygens (including phenoxy) is 1. The molecule has 1 heterocycles. The largest absolute Gasteiger partial charge is 0.533 e. The standard InChI is InChI=1S/C14H19O6P/c1-14(2,3)13(15)18-12-9-10-17-21(16,20-12)19-11-7-5-4-6-8-11/h4-8,12H,9-10H2,1-3H3/t12-,21-/m1/s1. The smallest absolute Gasteiger partial charge is 0.435 e. The lowest BCUT2D eigenvalue weighted by atomic mass is 9.97. The van der Waals surface area contributed by atoms with E-state index >= 15 is 0 Å². The maximum atomic E-state index is 12.4. The minimum atomic E-state index is -3.78. The first-order valence-electron chi connectivity index (χ1n) is 6.67. The average molecular weight is 314 g/mol. The Bertz CT molecular complexity index is 536. The number of phosphoric acid groups is 1. The summed E-state index contributed by atoms with van der Waals surface area (Å²) in [6.45, 7) is 5.32. The Morgan fingerprint density at radius 3 is 2.57 bits per heavy atom. The summed E-state index contributed by atoms with van der Waals surface area (Å²) in [6.07, 6.45) is -0.621. The maximum absolute atomic E-state index is 12.4. The zero-order valence-electron chi connectivity index (χ0n) is 12.3. The summed E-state index contributed by atoms with van der Waals surface area (Å²) in [6, 6.07) is 8.55. The molecule has 21 heavy (non-hydrogen) atoms. The Morgan fingerprint density at radius 2 is 1.95 bits per heavy atom. The number of benzene rings is 1. The van der Waals surface area contributed by atoms with E-state index in [0.717, 1.165) is 0 Å². The van der Waals surface area contributed by atoms with Crippen LogP contribution in [0.25, 0.3) is 0 Å². The topological polar surface area (TPSA) is 71.1 Å². The molecule has 0 unspecified atom stereocenters. The van der Waals surface area contributed by atoms with Crippen molar-refractivity contribution in [3.63, 3.8) is 0 Å². The highest BCUT2D eigenvalue weighted by Gasteiger charge is 2.40. The molecule has 6 nitrogen and oxygen atoms in total. The molecule has 1 fully saturated rings. The number of hydrogen-bond acceptors (Lipinski definition) is 6. The van der Waals surface area contributed by atoms with Gasteiger partial charge in [-0.05, 0) is 32.9 Å².